The zero-order chi connectivity index (χ0) is 14.3. The first-order valence-electron chi connectivity index (χ1n) is 7.15. The molecule has 108 valence electrons. The smallest absolute Gasteiger partial charge is 0.171 e. The van der Waals surface area contributed by atoms with E-state index in [4.69, 9.17) is 19.5 Å². The van der Waals surface area contributed by atoms with Crippen molar-refractivity contribution in [3.8, 4) is 0 Å². The fourth-order valence-corrected chi connectivity index (χ4v) is 3.76. The van der Waals surface area contributed by atoms with Crippen molar-refractivity contribution in [2.75, 3.05) is 13.2 Å². The van der Waals surface area contributed by atoms with Gasteiger partial charge in [-0.3, -0.25) is 9.98 Å². The van der Waals surface area contributed by atoms with Crippen molar-refractivity contribution >= 4 is 12.4 Å². The molecule has 2 aliphatic rings. The van der Waals surface area contributed by atoms with Gasteiger partial charge in [0.25, 0.3) is 0 Å². The molecule has 4 nitrogen and oxygen atoms in total. The molecule has 2 aliphatic heterocycles. The topological polar surface area (TPSA) is 43.2 Å². The second kappa shape index (κ2) is 4.67. The number of hydrogen-bond donors (Lipinski definition) is 0. The summed E-state index contributed by atoms with van der Waals surface area (Å²) in [6, 6.07) is 0. The van der Waals surface area contributed by atoms with Gasteiger partial charge in [-0.1, -0.05) is 41.5 Å². The molecule has 19 heavy (non-hydrogen) atoms. The van der Waals surface area contributed by atoms with Crippen molar-refractivity contribution in [3.05, 3.63) is 0 Å². The van der Waals surface area contributed by atoms with E-state index < -0.39 is 11.4 Å². The molecule has 0 amide bonds. The number of hydrogen-bond acceptors (Lipinski definition) is 4. The van der Waals surface area contributed by atoms with E-state index in [2.05, 4.69) is 41.5 Å². The Morgan fingerprint density at radius 1 is 0.895 bits per heavy atom. The van der Waals surface area contributed by atoms with Gasteiger partial charge >= 0.3 is 0 Å². The van der Waals surface area contributed by atoms with Crippen LogP contribution in [0, 0.1) is 17.3 Å². The van der Waals surface area contributed by atoms with E-state index in [0.717, 1.165) is 0 Å². The maximum Gasteiger partial charge on any atom is 0.171 e. The van der Waals surface area contributed by atoms with Crippen LogP contribution in [0.15, 0.2) is 9.98 Å². The number of aliphatic imine (C=N–C) groups is 2. The lowest BCUT2D eigenvalue weighted by Gasteiger charge is -2.53. The predicted octanol–water partition coefficient (Wildman–Crippen LogP) is 2.92. The van der Waals surface area contributed by atoms with Gasteiger partial charge in [0.15, 0.2) is 11.4 Å². The van der Waals surface area contributed by atoms with Crippen LogP contribution in [0.1, 0.15) is 41.5 Å². The third-order valence-electron chi connectivity index (χ3n) is 4.68. The van der Waals surface area contributed by atoms with Gasteiger partial charge in [-0.15, -0.1) is 0 Å². The highest BCUT2D eigenvalue weighted by Crippen LogP contribution is 2.54. The van der Waals surface area contributed by atoms with Crippen LogP contribution in [0.25, 0.3) is 0 Å². The maximum absolute atomic E-state index is 6.08. The lowest BCUT2D eigenvalue weighted by atomic mass is 9.64. The monoisotopic (exact) mass is 266 g/mol. The zero-order valence-electron chi connectivity index (χ0n) is 12.9. The highest BCUT2D eigenvalue weighted by atomic mass is 16.5. The van der Waals surface area contributed by atoms with Gasteiger partial charge in [-0.2, -0.15) is 0 Å². The van der Waals surface area contributed by atoms with E-state index in [1.165, 1.54) is 0 Å². The first-order valence-corrected chi connectivity index (χ1v) is 7.15. The zero-order valence-corrected chi connectivity index (χ0v) is 12.9. The Labute approximate surface area is 116 Å². The second-order valence-corrected chi connectivity index (χ2v) is 6.57. The van der Waals surface area contributed by atoms with Crippen LogP contribution in [0.5, 0.6) is 0 Å². The molecule has 0 fully saturated rings. The first kappa shape index (κ1) is 14.7. The summed E-state index contributed by atoms with van der Waals surface area (Å²) in [5.74, 6) is 0.521. The SMILES string of the molecule is CC(C)[C@@]1(C(C)(C)[C@]2(C(C)C)N=CCO2)N=CCO1. The van der Waals surface area contributed by atoms with Crippen molar-refractivity contribution in [2.45, 2.75) is 53.0 Å². The van der Waals surface area contributed by atoms with Gasteiger partial charge in [0.05, 0.1) is 18.6 Å². The van der Waals surface area contributed by atoms with E-state index in [0.29, 0.717) is 13.2 Å². The molecule has 0 N–H and O–H groups in total. The Balaban J connectivity index is 2.51. The average molecular weight is 266 g/mol. The molecule has 0 aromatic heterocycles. The van der Waals surface area contributed by atoms with Gasteiger partial charge in [0.1, 0.15) is 0 Å². The molecule has 0 unspecified atom stereocenters. The Morgan fingerprint density at radius 3 is 1.47 bits per heavy atom. The van der Waals surface area contributed by atoms with Crippen LogP contribution in [-0.2, 0) is 9.47 Å². The van der Waals surface area contributed by atoms with Crippen molar-refractivity contribution in [1.82, 2.24) is 0 Å². The van der Waals surface area contributed by atoms with Crippen LogP contribution < -0.4 is 0 Å². The molecular formula is C15H26N2O2. The molecule has 0 aromatic carbocycles. The fraction of sp³-hybridized carbons (Fsp3) is 0.867. The highest BCUT2D eigenvalue weighted by molar-refractivity contribution is 5.63. The minimum atomic E-state index is -0.570. The largest absolute Gasteiger partial charge is 0.347 e. The van der Waals surface area contributed by atoms with Crippen molar-refractivity contribution in [3.63, 3.8) is 0 Å². The predicted molar refractivity (Wildman–Crippen MR) is 77.8 cm³/mol. The van der Waals surface area contributed by atoms with Gasteiger partial charge in [0, 0.05) is 24.3 Å². The average Bonchev–Trinajstić information content (AvgIpc) is 3.00. The third kappa shape index (κ3) is 1.80. The van der Waals surface area contributed by atoms with Crippen LogP contribution in [-0.4, -0.2) is 37.1 Å². The molecule has 2 rings (SSSR count). The van der Waals surface area contributed by atoms with Crippen LogP contribution in [0.2, 0.25) is 0 Å². The van der Waals surface area contributed by atoms with E-state index in [-0.39, 0.29) is 17.3 Å². The molecule has 2 heterocycles. The molecule has 0 aliphatic carbocycles. The quantitative estimate of drug-likeness (QED) is 0.785. The molecule has 2 atom stereocenters. The second-order valence-electron chi connectivity index (χ2n) is 6.57. The van der Waals surface area contributed by atoms with Crippen LogP contribution in [0.3, 0.4) is 0 Å². The lowest BCUT2D eigenvalue weighted by Crippen LogP contribution is -2.62. The van der Waals surface area contributed by atoms with E-state index in [9.17, 15) is 0 Å². The Kier molecular flexibility index (Phi) is 3.60. The minimum absolute atomic E-state index is 0.260. The standard InChI is InChI=1S/C15H26N2O2/c1-11(2)14(16-7-9-18-14)13(5,6)15(12(3)4)17-8-10-19-15/h7-8,11-12H,9-10H2,1-6H3/t14-,15-/m1/s1. The summed E-state index contributed by atoms with van der Waals surface area (Å²) >= 11 is 0. The number of rotatable bonds is 4. The molecule has 0 saturated carbocycles. The summed E-state index contributed by atoms with van der Waals surface area (Å²) in [5.41, 5.74) is -1.49. The van der Waals surface area contributed by atoms with Gasteiger partial charge in [-0.05, 0) is 0 Å². The van der Waals surface area contributed by atoms with Crippen molar-refractivity contribution < 1.29 is 9.47 Å². The highest BCUT2D eigenvalue weighted by Gasteiger charge is 2.63. The number of ether oxygens (including phenoxy) is 2. The molecule has 0 spiro atoms. The minimum Gasteiger partial charge on any atom is -0.347 e. The van der Waals surface area contributed by atoms with E-state index in [1.807, 2.05) is 12.4 Å². The Hall–Kier alpha value is -0.740. The number of nitrogens with zero attached hydrogens (tertiary/aromatic N) is 2. The molecule has 4 heteroatoms. The van der Waals surface area contributed by atoms with Gasteiger partial charge in [-0.25, -0.2) is 0 Å². The first-order chi connectivity index (χ1) is 8.80. The van der Waals surface area contributed by atoms with Crippen LogP contribution >= 0.6 is 0 Å². The van der Waals surface area contributed by atoms with Gasteiger partial charge < -0.3 is 9.47 Å². The summed E-state index contributed by atoms with van der Waals surface area (Å²) in [6.07, 6.45) is 3.74. The molecule has 0 saturated heterocycles. The summed E-state index contributed by atoms with van der Waals surface area (Å²) < 4.78 is 12.2. The molecular weight excluding hydrogens is 240 g/mol. The summed E-state index contributed by atoms with van der Waals surface area (Å²) in [5, 5.41) is 0. The Bertz CT molecular complexity index is 365. The lowest BCUT2D eigenvalue weighted by molar-refractivity contribution is -0.226. The summed E-state index contributed by atoms with van der Waals surface area (Å²) in [7, 11) is 0. The summed E-state index contributed by atoms with van der Waals surface area (Å²) in [4.78, 5) is 9.42. The Morgan fingerprint density at radius 2 is 1.26 bits per heavy atom. The van der Waals surface area contributed by atoms with Gasteiger partial charge in [0.2, 0.25) is 0 Å². The van der Waals surface area contributed by atoms with Crippen molar-refractivity contribution in [2.24, 2.45) is 27.2 Å². The molecule has 0 bridgehead atoms. The fourth-order valence-electron chi connectivity index (χ4n) is 3.76. The molecule has 0 aromatic rings. The van der Waals surface area contributed by atoms with E-state index in [1.54, 1.807) is 0 Å². The van der Waals surface area contributed by atoms with E-state index >= 15 is 0 Å². The molecule has 0 radical (unpaired) electrons. The normalized spacial score (nSPS) is 34.9. The summed E-state index contributed by atoms with van der Waals surface area (Å²) in [6.45, 7) is 14.1. The maximum atomic E-state index is 6.08. The van der Waals surface area contributed by atoms with Crippen LogP contribution in [0.4, 0.5) is 0 Å². The third-order valence-corrected chi connectivity index (χ3v) is 4.68. The van der Waals surface area contributed by atoms with Crippen molar-refractivity contribution in [1.29, 1.82) is 0 Å².